The third kappa shape index (κ3) is 3.70. The molecule has 0 spiro atoms. The molecule has 1 aromatic heterocycles. The number of piperidine rings is 1. The van der Waals surface area contributed by atoms with Gasteiger partial charge in [-0.25, -0.2) is 9.78 Å². The monoisotopic (exact) mass is 250 g/mol. The Labute approximate surface area is 106 Å². The van der Waals surface area contributed by atoms with E-state index in [2.05, 4.69) is 9.88 Å². The molecule has 98 valence electrons. The van der Waals surface area contributed by atoms with Gasteiger partial charge in [0.15, 0.2) is 0 Å². The molecule has 1 saturated heterocycles. The van der Waals surface area contributed by atoms with Gasteiger partial charge in [-0.05, 0) is 38.1 Å². The number of pyridine rings is 1. The van der Waals surface area contributed by atoms with Gasteiger partial charge in [-0.1, -0.05) is 6.42 Å². The molecule has 1 aromatic rings. The summed E-state index contributed by atoms with van der Waals surface area (Å²) in [7, 11) is 0. The van der Waals surface area contributed by atoms with Crippen LogP contribution in [0.2, 0.25) is 0 Å². The molecule has 5 heteroatoms. The highest BCUT2D eigenvalue weighted by Crippen LogP contribution is 2.11. The number of aromatic carboxylic acids is 1. The van der Waals surface area contributed by atoms with E-state index < -0.39 is 5.97 Å². The van der Waals surface area contributed by atoms with Gasteiger partial charge in [-0.2, -0.15) is 0 Å². The maximum Gasteiger partial charge on any atom is 0.354 e. The quantitative estimate of drug-likeness (QED) is 0.860. The largest absolute Gasteiger partial charge is 0.491 e. The number of likely N-dealkylation sites (tertiary alicyclic amines) is 1. The predicted octanol–water partition coefficient (Wildman–Crippen LogP) is 1.64. The molecular weight excluding hydrogens is 232 g/mol. The van der Waals surface area contributed by atoms with Crippen LogP contribution in [0.4, 0.5) is 0 Å². The Balaban J connectivity index is 1.74. The Kier molecular flexibility index (Phi) is 4.52. The molecule has 0 bridgehead atoms. The van der Waals surface area contributed by atoms with E-state index in [1.165, 1.54) is 31.5 Å². The van der Waals surface area contributed by atoms with E-state index in [4.69, 9.17) is 9.84 Å². The second-order valence-corrected chi connectivity index (χ2v) is 4.44. The normalized spacial score (nSPS) is 16.4. The van der Waals surface area contributed by atoms with Gasteiger partial charge >= 0.3 is 5.97 Å². The van der Waals surface area contributed by atoms with Crippen LogP contribution in [-0.4, -0.2) is 47.2 Å². The van der Waals surface area contributed by atoms with E-state index >= 15 is 0 Å². The molecule has 1 N–H and O–H groups in total. The lowest BCUT2D eigenvalue weighted by atomic mass is 10.1. The van der Waals surface area contributed by atoms with Crippen molar-refractivity contribution in [2.24, 2.45) is 0 Å². The highest BCUT2D eigenvalue weighted by molar-refractivity contribution is 5.85. The number of carboxylic acid groups (broad SMARTS) is 1. The zero-order valence-electron chi connectivity index (χ0n) is 10.3. The molecule has 1 fully saturated rings. The number of rotatable bonds is 5. The molecule has 0 atom stereocenters. The van der Waals surface area contributed by atoms with Crippen molar-refractivity contribution in [1.29, 1.82) is 0 Å². The van der Waals surface area contributed by atoms with Crippen molar-refractivity contribution in [3.8, 4) is 5.75 Å². The number of hydrogen-bond donors (Lipinski definition) is 1. The number of hydrogen-bond acceptors (Lipinski definition) is 4. The van der Waals surface area contributed by atoms with Crippen LogP contribution in [0.3, 0.4) is 0 Å². The smallest absolute Gasteiger partial charge is 0.354 e. The Bertz CT molecular complexity index is 386. The Morgan fingerprint density at radius 2 is 2.11 bits per heavy atom. The molecule has 1 aliphatic rings. The summed E-state index contributed by atoms with van der Waals surface area (Å²) in [5.74, 6) is -0.396. The number of aromatic nitrogens is 1. The Morgan fingerprint density at radius 1 is 1.33 bits per heavy atom. The van der Waals surface area contributed by atoms with Crippen LogP contribution in [-0.2, 0) is 0 Å². The van der Waals surface area contributed by atoms with Crippen molar-refractivity contribution in [1.82, 2.24) is 9.88 Å². The first-order chi connectivity index (χ1) is 8.75. The molecule has 0 aromatic carbocycles. The standard InChI is InChI=1S/C13H18N2O3/c16-13(17)12-5-4-11(10-14-12)18-9-8-15-6-2-1-3-7-15/h4-5,10H,1-3,6-9H2,(H,16,17). The topological polar surface area (TPSA) is 62.7 Å². The van der Waals surface area contributed by atoms with E-state index in [9.17, 15) is 4.79 Å². The van der Waals surface area contributed by atoms with Crippen molar-refractivity contribution >= 4 is 5.97 Å². The highest BCUT2D eigenvalue weighted by Gasteiger charge is 2.09. The predicted molar refractivity (Wildman–Crippen MR) is 67.0 cm³/mol. The maximum absolute atomic E-state index is 10.6. The first-order valence-electron chi connectivity index (χ1n) is 6.30. The van der Waals surface area contributed by atoms with E-state index in [1.54, 1.807) is 6.07 Å². The van der Waals surface area contributed by atoms with Gasteiger partial charge in [-0.3, -0.25) is 4.90 Å². The summed E-state index contributed by atoms with van der Waals surface area (Å²) in [4.78, 5) is 16.8. The highest BCUT2D eigenvalue weighted by atomic mass is 16.5. The van der Waals surface area contributed by atoms with Gasteiger partial charge in [0, 0.05) is 6.54 Å². The van der Waals surface area contributed by atoms with Crippen LogP contribution in [0.5, 0.6) is 5.75 Å². The summed E-state index contributed by atoms with van der Waals surface area (Å²) in [6, 6.07) is 3.10. The van der Waals surface area contributed by atoms with Crippen molar-refractivity contribution in [3.05, 3.63) is 24.0 Å². The van der Waals surface area contributed by atoms with Gasteiger partial charge in [0.25, 0.3) is 0 Å². The van der Waals surface area contributed by atoms with Gasteiger partial charge in [-0.15, -0.1) is 0 Å². The van der Waals surface area contributed by atoms with Crippen molar-refractivity contribution in [2.75, 3.05) is 26.2 Å². The molecule has 0 aliphatic carbocycles. The first kappa shape index (κ1) is 12.8. The third-order valence-corrected chi connectivity index (χ3v) is 3.08. The average Bonchev–Trinajstić information content (AvgIpc) is 2.40. The van der Waals surface area contributed by atoms with Crippen LogP contribution in [0.25, 0.3) is 0 Å². The number of carboxylic acids is 1. The zero-order chi connectivity index (χ0) is 12.8. The molecule has 0 saturated carbocycles. The van der Waals surface area contributed by atoms with Gasteiger partial charge in [0.2, 0.25) is 0 Å². The number of ether oxygens (including phenoxy) is 1. The summed E-state index contributed by atoms with van der Waals surface area (Å²) in [6.07, 6.45) is 5.33. The fourth-order valence-corrected chi connectivity index (χ4v) is 2.07. The Hall–Kier alpha value is -1.62. The molecule has 18 heavy (non-hydrogen) atoms. The minimum atomic E-state index is -1.02. The van der Waals surface area contributed by atoms with Gasteiger partial charge < -0.3 is 9.84 Å². The first-order valence-corrected chi connectivity index (χ1v) is 6.30. The minimum absolute atomic E-state index is 0.0402. The van der Waals surface area contributed by atoms with E-state index in [0.717, 1.165) is 19.6 Å². The Morgan fingerprint density at radius 3 is 2.72 bits per heavy atom. The van der Waals surface area contributed by atoms with Crippen LogP contribution in [0.1, 0.15) is 29.8 Å². The SMILES string of the molecule is O=C(O)c1ccc(OCCN2CCCCC2)cn1. The summed E-state index contributed by atoms with van der Waals surface area (Å²) in [5.41, 5.74) is 0.0402. The van der Waals surface area contributed by atoms with Crippen LogP contribution < -0.4 is 4.74 Å². The van der Waals surface area contributed by atoms with E-state index in [1.807, 2.05) is 0 Å². The third-order valence-electron chi connectivity index (χ3n) is 3.08. The fourth-order valence-electron chi connectivity index (χ4n) is 2.07. The second-order valence-electron chi connectivity index (χ2n) is 4.44. The van der Waals surface area contributed by atoms with Crippen molar-refractivity contribution in [3.63, 3.8) is 0 Å². The van der Waals surface area contributed by atoms with Gasteiger partial charge in [0.1, 0.15) is 18.1 Å². The zero-order valence-corrected chi connectivity index (χ0v) is 10.3. The molecule has 1 aliphatic heterocycles. The van der Waals surface area contributed by atoms with Crippen molar-refractivity contribution in [2.45, 2.75) is 19.3 Å². The molecule has 5 nitrogen and oxygen atoms in total. The van der Waals surface area contributed by atoms with Crippen molar-refractivity contribution < 1.29 is 14.6 Å². The summed E-state index contributed by atoms with van der Waals surface area (Å²) in [6.45, 7) is 3.84. The summed E-state index contributed by atoms with van der Waals surface area (Å²) < 4.78 is 5.55. The van der Waals surface area contributed by atoms with Crippen LogP contribution in [0.15, 0.2) is 18.3 Å². The lowest BCUT2D eigenvalue weighted by Gasteiger charge is -2.26. The summed E-state index contributed by atoms with van der Waals surface area (Å²) in [5, 5.41) is 8.71. The number of carbonyl (C=O) groups is 1. The lowest BCUT2D eigenvalue weighted by Crippen LogP contribution is -2.33. The average molecular weight is 250 g/mol. The molecular formula is C13H18N2O3. The molecule has 0 radical (unpaired) electrons. The van der Waals surface area contributed by atoms with E-state index in [-0.39, 0.29) is 5.69 Å². The lowest BCUT2D eigenvalue weighted by molar-refractivity contribution is 0.0690. The maximum atomic E-state index is 10.6. The molecule has 2 heterocycles. The number of nitrogens with zero attached hydrogens (tertiary/aromatic N) is 2. The minimum Gasteiger partial charge on any atom is -0.491 e. The van der Waals surface area contributed by atoms with Crippen LogP contribution in [0, 0.1) is 0 Å². The molecule has 2 rings (SSSR count). The molecule has 0 amide bonds. The van der Waals surface area contributed by atoms with E-state index in [0.29, 0.717) is 12.4 Å². The van der Waals surface area contributed by atoms with Gasteiger partial charge in [0.05, 0.1) is 6.20 Å². The second kappa shape index (κ2) is 6.35. The van der Waals surface area contributed by atoms with Crippen LogP contribution >= 0.6 is 0 Å². The fraction of sp³-hybridized carbons (Fsp3) is 0.538. The molecule has 0 unspecified atom stereocenters. The summed E-state index contributed by atoms with van der Waals surface area (Å²) >= 11 is 0.